The molecule has 0 saturated heterocycles. The molecule has 0 spiro atoms. The second kappa shape index (κ2) is 7.67. The normalized spacial score (nSPS) is 22.2. The molecule has 1 aromatic carbocycles. The monoisotopic (exact) mass is 367 g/mol. The molecule has 28 heavy (non-hydrogen) atoms. The first-order chi connectivity index (χ1) is 13.6. The molecule has 2 heterocycles. The molecule has 1 unspecified atom stereocenters. The van der Waals surface area contributed by atoms with E-state index in [2.05, 4.69) is 110 Å². The van der Waals surface area contributed by atoms with Gasteiger partial charge in [0, 0.05) is 17.1 Å². The Morgan fingerprint density at radius 3 is 2.68 bits per heavy atom. The molecular weight excluding hydrogens is 338 g/mol. The molecule has 0 amide bonds. The number of allylic oxidation sites excluding steroid dienone is 6. The fraction of sp³-hybridized carbons (Fsp3) is 0.259. The number of nitrogens with zero attached hydrogens (tertiary/aromatic N) is 1. The van der Waals surface area contributed by atoms with Crippen molar-refractivity contribution in [2.45, 2.75) is 45.4 Å². The Bertz CT molecular complexity index is 1060. The number of fused-ring (bicyclic) bond motifs is 2. The van der Waals surface area contributed by atoms with Crippen molar-refractivity contribution < 1.29 is 0 Å². The van der Waals surface area contributed by atoms with E-state index in [1.54, 1.807) is 0 Å². The first-order valence-corrected chi connectivity index (χ1v) is 10.3. The van der Waals surface area contributed by atoms with Crippen molar-refractivity contribution in [3.05, 3.63) is 102 Å². The van der Waals surface area contributed by atoms with Crippen LogP contribution in [0.5, 0.6) is 0 Å². The quantitative estimate of drug-likeness (QED) is 0.422. The van der Waals surface area contributed by atoms with Crippen LogP contribution in [0.25, 0.3) is 16.8 Å². The predicted molar refractivity (Wildman–Crippen MR) is 121 cm³/mol. The zero-order valence-corrected chi connectivity index (χ0v) is 17.2. The van der Waals surface area contributed by atoms with Crippen LogP contribution < -0.4 is 0 Å². The Kier molecular flexibility index (Phi) is 5.09. The molecule has 4 rings (SSSR count). The number of aryl methyl sites for hydroxylation is 1. The smallest absolute Gasteiger partial charge is 0.0563 e. The fourth-order valence-corrected chi connectivity index (χ4v) is 4.39. The number of benzene rings is 1. The van der Waals surface area contributed by atoms with Crippen LogP contribution in [0.4, 0.5) is 0 Å². The van der Waals surface area contributed by atoms with Gasteiger partial charge >= 0.3 is 0 Å². The van der Waals surface area contributed by atoms with Gasteiger partial charge in [-0.25, -0.2) is 0 Å². The Hall–Kier alpha value is -2.80. The molecule has 0 saturated carbocycles. The second-order valence-corrected chi connectivity index (χ2v) is 8.02. The van der Waals surface area contributed by atoms with Gasteiger partial charge in [-0.2, -0.15) is 0 Å². The van der Waals surface area contributed by atoms with Crippen LogP contribution >= 0.6 is 0 Å². The average Bonchev–Trinajstić information content (AvgIpc) is 3.15. The molecule has 1 nitrogen and oxygen atoms in total. The number of hydrogen-bond donors (Lipinski definition) is 0. The highest BCUT2D eigenvalue weighted by atomic mass is 14.9. The maximum absolute atomic E-state index is 2.39. The summed E-state index contributed by atoms with van der Waals surface area (Å²) < 4.78 is 2.37. The van der Waals surface area contributed by atoms with Crippen molar-refractivity contribution in [2.24, 2.45) is 0 Å². The van der Waals surface area contributed by atoms with Crippen molar-refractivity contribution in [3.63, 3.8) is 0 Å². The topological polar surface area (TPSA) is 4.41 Å². The molecule has 0 bridgehead atoms. The third-order valence-electron chi connectivity index (χ3n) is 5.83. The van der Waals surface area contributed by atoms with E-state index in [4.69, 9.17) is 0 Å². The van der Waals surface area contributed by atoms with E-state index < -0.39 is 0 Å². The molecule has 0 radical (unpaired) electrons. The molecular formula is C27H29N. The lowest BCUT2D eigenvalue weighted by Gasteiger charge is -2.29. The Morgan fingerprint density at radius 2 is 1.89 bits per heavy atom. The summed E-state index contributed by atoms with van der Waals surface area (Å²) in [6.07, 6.45) is 19.1. The summed E-state index contributed by atoms with van der Waals surface area (Å²) in [7, 11) is 0. The van der Waals surface area contributed by atoms with E-state index in [-0.39, 0.29) is 5.41 Å². The van der Waals surface area contributed by atoms with Crippen molar-refractivity contribution in [2.75, 3.05) is 0 Å². The zero-order chi connectivity index (χ0) is 19.6. The van der Waals surface area contributed by atoms with Gasteiger partial charge in [0.05, 0.1) is 5.69 Å². The van der Waals surface area contributed by atoms with Crippen LogP contribution in [-0.2, 0) is 11.8 Å². The van der Waals surface area contributed by atoms with E-state index in [0.29, 0.717) is 0 Å². The number of hydrogen-bond acceptors (Lipinski definition) is 0. The summed E-state index contributed by atoms with van der Waals surface area (Å²) in [6.45, 7) is 6.60. The van der Waals surface area contributed by atoms with Crippen LogP contribution in [0.2, 0.25) is 0 Å². The highest BCUT2D eigenvalue weighted by molar-refractivity contribution is 5.73. The second-order valence-electron chi connectivity index (χ2n) is 8.02. The first kappa shape index (κ1) is 18.6. The van der Waals surface area contributed by atoms with Crippen molar-refractivity contribution in [3.8, 4) is 11.3 Å². The maximum atomic E-state index is 2.39. The van der Waals surface area contributed by atoms with Crippen LogP contribution in [0, 0.1) is 6.92 Å². The summed E-state index contributed by atoms with van der Waals surface area (Å²) in [6, 6.07) is 15.7. The lowest BCUT2D eigenvalue weighted by molar-refractivity contribution is 0.722. The Balaban J connectivity index is 2.07. The molecule has 2 aromatic heterocycles. The molecule has 142 valence electrons. The zero-order valence-electron chi connectivity index (χ0n) is 17.2. The van der Waals surface area contributed by atoms with Gasteiger partial charge < -0.3 is 4.40 Å². The van der Waals surface area contributed by atoms with Crippen LogP contribution in [-0.4, -0.2) is 4.40 Å². The van der Waals surface area contributed by atoms with Gasteiger partial charge in [0.25, 0.3) is 0 Å². The summed E-state index contributed by atoms with van der Waals surface area (Å²) in [4.78, 5) is 0. The molecule has 0 aliphatic heterocycles. The van der Waals surface area contributed by atoms with Crippen molar-refractivity contribution in [1.82, 2.24) is 4.40 Å². The minimum absolute atomic E-state index is 0.128. The van der Waals surface area contributed by atoms with Crippen LogP contribution in [0.15, 0.2) is 85.1 Å². The van der Waals surface area contributed by atoms with Crippen molar-refractivity contribution in [1.29, 1.82) is 0 Å². The van der Waals surface area contributed by atoms with Gasteiger partial charge in [0.2, 0.25) is 0 Å². The average molecular weight is 368 g/mol. The lowest BCUT2D eigenvalue weighted by atomic mass is 9.77. The van der Waals surface area contributed by atoms with Gasteiger partial charge in [0.1, 0.15) is 0 Å². The van der Waals surface area contributed by atoms with Crippen molar-refractivity contribution >= 4 is 5.52 Å². The van der Waals surface area contributed by atoms with E-state index in [0.717, 1.165) is 19.3 Å². The third-order valence-corrected chi connectivity index (χ3v) is 5.83. The van der Waals surface area contributed by atoms with Gasteiger partial charge in [-0.15, -0.1) is 0 Å². The van der Waals surface area contributed by atoms with Crippen LogP contribution in [0.1, 0.15) is 43.4 Å². The SMILES string of the molecule is C/C=C\C1(C)/C=C\C=C/CCCc2c1cc1cccn1c2-c1ccc(C)cc1. The highest BCUT2D eigenvalue weighted by Gasteiger charge is 2.27. The standard InChI is InChI=1S/C27H29N/c1-4-17-27(3)18-9-7-5-6-8-12-24-25(27)20-23-11-10-19-28(23)26(24)22-15-13-21(2)14-16-22/h4-5,7,9-11,13-20H,6,8,12H2,1-3H3/b7-5-,17-4-,18-9-. The number of rotatable bonds is 2. The number of aromatic nitrogens is 1. The Labute approximate surface area is 168 Å². The van der Waals surface area contributed by atoms with E-state index >= 15 is 0 Å². The minimum atomic E-state index is -0.128. The first-order valence-electron chi connectivity index (χ1n) is 10.3. The maximum Gasteiger partial charge on any atom is 0.0563 e. The predicted octanol–water partition coefficient (Wildman–Crippen LogP) is 7.20. The van der Waals surface area contributed by atoms with E-state index in [1.807, 2.05) is 0 Å². The summed E-state index contributed by atoms with van der Waals surface area (Å²) in [5, 5.41) is 0. The van der Waals surface area contributed by atoms with Gasteiger partial charge in [0.15, 0.2) is 0 Å². The summed E-state index contributed by atoms with van der Waals surface area (Å²) in [5.74, 6) is 0. The fourth-order valence-electron chi connectivity index (χ4n) is 4.39. The van der Waals surface area contributed by atoms with E-state index in [9.17, 15) is 0 Å². The molecule has 0 fully saturated rings. The molecule has 0 N–H and O–H groups in total. The van der Waals surface area contributed by atoms with Gasteiger partial charge in [-0.05, 0) is 74.9 Å². The molecule has 1 atom stereocenters. The third kappa shape index (κ3) is 3.38. The molecule has 1 aliphatic carbocycles. The molecule has 1 heteroatoms. The lowest BCUT2D eigenvalue weighted by Crippen LogP contribution is -2.20. The van der Waals surface area contributed by atoms with Gasteiger partial charge in [-0.3, -0.25) is 0 Å². The largest absolute Gasteiger partial charge is 0.316 e. The Morgan fingerprint density at radius 1 is 1.07 bits per heavy atom. The number of pyridine rings is 1. The summed E-state index contributed by atoms with van der Waals surface area (Å²) >= 11 is 0. The van der Waals surface area contributed by atoms with Crippen LogP contribution in [0.3, 0.4) is 0 Å². The minimum Gasteiger partial charge on any atom is -0.316 e. The molecule has 1 aliphatic rings. The summed E-state index contributed by atoms with van der Waals surface area (Å²) in [5.41, 5.74) is 7.94. The van der Waals surface area contributed by atoms with Gasteiger partial charge in [-0.1, -0.05) is 66.3 Å². The van der Waals surface area contributed by atoms with E-state index in [1.165, 1.54) is 33.5 Å². The highest BCUT2D eigenvalue weighted by Crippen LogP contribution is 2.38. The molecule has 3 aromatic rings.